The second-order valence-electron chi connectivity index (χ2n) is 5.31. The molecule has 4 nitrogen and oxygen atoms in total. The van der Waals surface area contributed by atoms with E-state index in [0.717, 1.165) is 25.7 Å². The van der Waals surface area contributed by atoms with Crippen LogP contribution in [0.15, 0.2) is 18.2 Å². The van der Waals surface area contributed by atoms with Crippen molar-refractivity contribution in [1.82, 2.24) is 0 Å². The van der Waals surface area contributed by atoms with E-state index < -0.39 is 5.82 Å². The molecule has 0 saturated heterocycles. The van der Waals surface area contributed by atoms with Gasteiger partial charge in [-0.3, -0.25) is 4.79 Å². The zero-order valence-corrected chi connectivity index (χ0v) is 12.9. The van der Waals surface area contributed by atoms with Gasteiger partial charge in [-0.05, 0) is 30.9 Å². The number of anilines is 1. The lowest BCUT2D eigenvalue weighted by Crippen LogP contribution is -2.35. The summed E-state index contributed by atoms with van der Waals surface area (Å²) in [6.45, 7) is 0. The molecule has 2 unspecified atom stereocenters. The van der Waals surface area contributed by atoms with Crippen LogP contribution in [0.25, 0.3) is 0 Å². The van der Waals surface area contributed by atoms with Crippen molar-refractivity contribution in [2.24, 2.45) is 11.7 Å². The minimum Gasteiger partial charge on any atom is -0.494 e. The van der Waals surface area contributed by atoms with E-state index in [9.17, 15) is 9.18 Å². The maximum Gasteiger partial charge on any atom is 0.224 e. The Bertz CT molecular complexity index is 485. The van der Waals surface area contributed by atoms with Gasteiger partial charge in [0.1, 0.15) is 0 Å². The molecule has 0 spiro atoms. The van der Waals surface area contributed by atoms with Gasteiger partial charge in [0, 0.05) is 24.2 Å². The van der Waals surface area contributed by atoms with E-state index in [2.05, 4.69) is 5.32 Å². The molecule has 1 aromatic rings. The van der Waals surface area contributed by atoms with Gasteiger partial charge in [-0.2, -0.15) is 0 Å². The molecule has 1 aliphatic carbocycles. The van der Waals surface area contributed by atoms with Crippen molar-refractivity contribution in [1.29, 1.82) is 0 Å². The fraction of sp³-hybridized carbons (Fsp3) is 0.533. The Morgan fingerprint density at radius 2 is 2.14 bits per heavy atom. The van der Waals surface area contributed by atoms with Crippen LogP contribution in [0.4, 0.5) is 10.1 Å². The number of methoxy groups -OCH3 is 1. The number of nitrogens with one attached hydrogen (secondary N) is 1. The third-order valence-electron chi connectivity index (χ3n) is 3.85. The van der Waals surface area contributed by atoms with Gasteiger partial charge < -0.3 is 15.8 Å². The maximum atomic E-state index is 13.3. The first-order valence-corrected chi connectivity index (χ1v) is 6.99. The Kier molecular flexibility index (Phi) is 6.92. The number of nitrogens with two attached hydrogens (primary N) is 1. The van der Waals surface area contributed by atoms with Crippen molar-refractivity contribution in [3.05, 3.63) is 24.0 Å². The highest BCUT2D eigenvalue weighted by atomic mass is 35.5. The van der Waals surface area contributed by atoms with Crippen LogP contribution in [0, 0.1) is 11.7 Å². The fourth-order valence-electron chi connectivity index (χ4n) is 2.68. The zero-order chi connectivity index (χ0) is 14.5. The van der Waals surface area contributed by atoms with Crippen LogP contribution in [0.2, 0.25) is 0 Å². The van der Waals surface area contributed by atoms with Gasteiger partial charge >= 0.3 is 0 Å². The Morgan fingerprint density at radius 1 is 1.43 bits per heavy atom. The number of benzene rings is 1. The summed E-state index contributed by atoms with van der Waals surface area (Å²) < 4.78 is 18.2. The molecule has 1 saturated carbocycles. The Morgan fingerprint density at radius 3 is 2.81 bits per heavy atom. The first-order chi connectivity index (χ1) is 9.60. The average molecular weight is 317 g/mol. The number of amides is 1. The Labute approximate surface area is 130 Å². The maximum absolute atomic E-state index is 13.3. The molecule has 0 bridgehead atoms. The number of halogens is 2. The Hall–Kier alpha value is -1.33. The van der Waals surface area contributed by atoms with Crippen molar-refractivity contribution in [2.45, 2.75) is 38.1 Å². The number of hydrogen-bond donors (Lipinski definition) is 2. The van der Waals surface area contributed by atoms with Crippen molar-refractivity contribution < 1.29 is 13.9 Å². The molecule has 118 valence electrons. The van der Waals surface area contributed by atoms with Crippen molar-refractivity contribution in [3.63, 3.8) is 0 Å². The van der Waals surface area contributed by atoms with Crippen molar-refractivity contribution >= 4 is 24.0 Å². The summed E-state index contributed by atoms with van der Waals surface area (Å²) in [6.07, 6.45) is 4.69. The van der Waals surface area contributed by atoms with E-state index >= 15 is 0 Å². The quantitative estimate of drug-likeness (QED) is 0.897. The lowest BCUT2D eigenvalue weighted by molar-refractivity contribution is -0.117. The zero-order valence-electron chi connectivity index (χ0n) is 12.1. The first kappa shape index (κ1) is 17.7. The van der Waals surface area contributed by atoms with E-state index in [-0.39, 0.29) is 36.0 Å². The predicted octanol–water partition coefficient (Wildman–Crippen LogP) is 3.10. The van der Waals surface area contributed by atoms with Crippen molar-refractivity contribution in [3.8, 4) is 5.75 Å². The van der Waals surface area contributed by atoms with Gasteiger partial charge in [0.25, 0.3) is 0 Å². The molecule has 2 rings (SSSR count). The second-order valence-corrected chi connectivity index (χ2v) is 5.31. The molecule has 1 fully saturated rings. The molecule has 1 aromatic carbocycles. The molecule has 3 N–H and O–H groups in total. The van der Waals surface area contributed by atoms with E-state index in [0.29, 0.717) is 12.1 Å². The minimum atomic E-state index is -0.445. The molecule has 0 radical (unpaired) electrons. The van der Waals surface area contributed by atoms with E-state index in [1.807, 2.05) is 0 Å². The van der Waals surface area contributed by atoms with Gasteiger partial charge in [-0.25, -0.2) is 4.39 Å². The van der Waals surface area contributed by atoms with E-state index in [1.165, 1.54) is 25.3 Å². The molecular weight excluding hydrogens is 295 g/mol. The van der Waals surface area contributed by atoms with Crippen molar-refractivity contribution in [2.75, 3.05) is 12.4 Å². The standard InChI is InChI=1S/C15H21FN2O2.ClH/c1-20-14-9-11(6-7-12(14)16)18-15(19)8-10-4-2-3-5-13(10)17;/h6-7,9-10,13H,2-5,8,17H2,1H3,(H,18,19);1H. The molecule has 21 heavy (non-hydrogen) atoms. The van der Waals surface area contributed by atoms with Crippen LogP contribution < -0.4 is 15.8 Å². The number of hydrogen-bond acceptors (Lipinski definition) is 3. The number of rotatable bonds is 4. The SMILES string of the molecule is COc1cc(NC(=O)CC2CCCCC2N)ccc1F.Cl. The summed E-state index contributed by atoms with van der Waals surface area (Å²) in [6, 6.07) is 4.39. The van der Waals surface area contributed by atoms with Crippen LogP contribution in [-0.2, 0) is 4.79 Å². The molecule has 0 heterocycles. The molecule has 0 aromatic heterocycles. The highest BCUT2D eigenvalue weighted by Crippen LogP contribution is 2.26. The van der Waals surface area contributed by atoms with Gasteiger partial charge in [0.15, 0.2) is 11.6 Å². The summed E-state index contributed by atoms with van der Waals surface area (Å²) in [5.41, 5.74) is 6.58. The topological polar surface area (TPSA) is 64.3 Å². The van der Waals surface area contributed by atoms with E-state index in [4.69, 9.17) is 10.5 Å². The smallest absolute Gasteiger partial charge is 0.224 e. The first-order valence-electron chi connectivity index (χ1n) is 6.99. The number of ether oxygens (including phenoxy) is 1. The third kappa shape index (κ3) is 4.86. The summed E-state index contributed by atoms with van der Waals surface area (Å²) in [5, 5.41) is 2.77. The molecule has 1 aliphatic rings. The van der Waals surface area contributed by atoms with Crippen LogP contribution in [0.3, 0.4) is 0 Å². The van der Waals surface area contributed by atoms with Gasteiger partial charge in [0.05, 0.1) is 7.11 Å². The fourth-order valence-corrected chi connectivity index (χ4v) is 2.68. The third-order valence-corrected chi connectivity index (χ3v) is 3.85. The van der Waals surface area contributed by atoms with Gasteiger partial charge in [0.2, 0.25) is 5.91 Å². The Balaban J connectivity index is 0.00000220. The summed E-state index contributed by atoms with van der Waals surface area (Å²) in [7, 11) is 1.39. The average Bonchev–Trinajstić information content (AvgIpc) is 2.43. The normalized spacial score (nSPS) is 21.3. The van der Waals surface area contributed by atoms with Crippen LogP contribution >= 0.6 is 12.4 Å². The predicted molar refractivity (Wildman–Crippen MR) is 83.4 cm³/mol. The summed E-state index contributed by atoms with van der Waals surface area (Å²) >= 11 is 0. The van der Waals surface area contributed by atoms with E-state index in [1.54, 1.807) is 0 Å². The summed E-state index contributed by atoms with van der Waals surface area (Å²) in [5.74, 6) is -0.163. The summed E-state index contributed by atoms with van der Waals surface area (Å²) in [4.78, 5) is 12.0. The van der Waals surface area contributed by atoms with Gasteiger partial charge in [-0.15, -0.1) is 12.4 Å². The molecular formula is C15H22ClFN2O2. The van der Waals surface area contributed by atoms with Crippen LogP contribution in [-0.4, -0.2) is 19.1 Å². The van der Waals surface area contributed by atoms with Gasteiger partial charge in [-0.1, -0.05) is 12.8 Å². The van der Waals surface area contributed by atoms with Crippen LogP contribution in [0.5, 0.6) is 5.75 Å². The highest BCUT2D eigenvalue weighted by Gasteiger charge is 2.24. The number of carbonyl (C=O) groups is 1. The lowest BCUT2D eigenvalue weighted by Gasteiger charge is -2.27. The molecule has 2 atom stereocenters. The highest BCUT2D eigenvalue weighted by molar-refractivity contribution is 5.91. The minimum absolute atomic E-state index is 0. The number of carbonyl (C=O) groups excluding carboxylic acids is 1. The molecule has 6 heteroatoms. The molecule has 1 amide bonds. The largest absolute Gasteiger partial charge is 0.494 e. The molecule has 0 aliphatic heterocycles. The lowest BCUT2D eigenvalue weighted by atomic mass is 9.83. The van der Waals surface area contributed by atoms with Crippen LogP contribution in [0.1, 0.15) is 32.1 Å². The monoisotopic (exact) mass is 316 g/mol. The second kappa shape index (κ2) is 8.20.